The number of esters is 1. The van der Waals surface area contributed by atoms with Crippen molar-refractivity contribution in [1.29, 1.82) is 0 Å². The Morgan fingerprint density at radius 1 is 1.34 bits per heavy atom. The summed E-state index contributed by atoms with van der Waals surface area (Å²) < 4.78 is 12.1. The summed E-state index contributed by atoms with van der Waals surface area (Å²) in [6, 6.07) is 9.83. The van der Waals surface area contributed by atoms with Gasteiger partial charge in [0, 0.05) is 11.3 Å². The molecule has 1 heterocycles. The Morgan fingerprint density at radius 2 is 2.09 bits per heavy atom. The normalized spacial score (nSPS) is 15.4. The van der Waals surface area contributed by atoms with E-state index in [4.69, 9.17) is 21.7 Å². The van der Waals surface area contributed by atoms with E-state index in [2.05, 4.69) is 37.1 Å². The maximum Gasteiger partial charge on any atom is 0.338 e. The van der Waals surface area contributed by atoms with Crippen LogP contribution >= 0.6 is 50.7 Å². The van der Waals surface area contributed by atoms with Gasteiger partial charge < -0.3 is 25.2 Å². The molecule has 0 saturated heterocycles. The Hall–Kier alpha value is -2.71. The minimum Gasteiger partial charge on any atom is -0.506 e. The molecule has 0 aromatic heterocycles. The highest BCUT2D eigenvalue weighted by molar-refractivity contribution is 14.1. The molecule has 0 fully saturated rings. The number of benzene rings is 2. The number of carbonyl (C=O) groups excluding carboxylic acids is 2. The molecule has 3 rings (SSSR count). The molecule has 0 radical (unpaired) electrons. The number of carbonyl (C=O) groups is 2. The molecule has 1 amide bonds. The highest BCUT2D eigenvalue weighted by Gasteiger charge is 2.32. The second-order valence-corrected chi connectivity index (χ2v) is 9.67. The minimum absolute atomic E-state index is 0.138. The van der Waals surface area contributed by atoms with E-state index in [9.17, 15) is 14.7 Å². The lowest BCUT2D eigenvalue weighted by Gasteiger charge is -2.30. The molecule has 1 aliphatic rings. The van der Waals surface area contributed by atoms with E-state index in [1.54, 1.807) is 50.2 Å². The molecule has 9 nitrogen and oxygen atoms in total. The minimum atomic E-state index is -0.615. The Balaban J connectivity index is 1.71. The highest BCUT2D eigenvalue weighted by Crippen LogP contribution is 2.33. The Labute approximate surface area is 229 Å². The van der Waals surface area contributed by atoms with Crippen molar-refractivity contribution >= 4 is 73.9 Å². The third-order valence-electron chi connectivity index (χ3n) is 4.80. The van der Waals surface area contributed by atoms with Crippen LogP contribution in [0.5, 0.6) is 11.5 Å². The van der Waals surface area contributed by atoms with Gasteiger partial charge in [-0.1, -0.05) is 18.2 Å². The van der Waals surface area contributed by atoms with Gasteiger partial charge in [0.05, 0.1) is 32.5 Å². The van der Waals surface area contributed by atoms with Gasteiger partial charge in [-0.05, 0) is 88.3 Å². The summed E-state index contributed by atoms with van der Waals surface area (Å²) in [5, 5.41) is 20.1. The number of nitrogens with zero attached hydrogens (tertiary/aromatic N) is 1. The molecule has 12 heteroatoms. The van der Waals surface area contributed by atoms with Crippen molar-refractivity contribution < 1.29 is 24.2 Å². The molecule has 184 valence electrons. The third kappa shape index (κ3) is 6.92. The van der Waals surface area contributed by atoms with Crippen molar-refractivity contribution in [3.63, 3.8) is 0 Å². The van der Waals surface area contributed by atoms with Crippen molar-refractivity contribution in [3.8, 4) is 11.5 Å². The number of amides is 1. The molecule has 0 saturated carbocycles. The van der Waals surface area contributed by atoms with E-state index in [-0.39, 0.29) is 19.0 Å². The number of para-hydroxylation sites is 1. The van der Waals surface area contributed by atoms with Crippen LogP contribution in [0.2, 0.25) is 0 Å². The van der Waals surface area contributed by atoms with Crippen LogP contribution < -0.4 is 20.8 Å². The van der Waals surface area contributed by atoms with Gasteiger partial charge in [-0.3, -0.25) is 4.79 Å². The van der Waals surface area contributed by atoms with Gasteiger partial charge in [-0.25, -0.2) is 10.2 Å². The highest BCUT2D eigenvalue weighted by atomic mass is 127. The van der Waals surface area contributed by atoms with Crippen LogP contribution in [0.1, 0.15) is 31.0 Å². The summed E-state index contributed by atoms with van der Waals surface area (Å²) in [5.41, 5.74) is 4.67. The summed E-state index contributed by atoms with van der Waals surface area (Å²) in [7, 11) is 0. The average Bonchev–Trinajstić information content (AvgIpc) is 2.81. The number of phenols is 1. The summed E-state index contributed by atoms with van der Waals surface area (Å²) in [5.74, 6) is -0.413. The SMILES string of the molecule is CCOC(=O)C1=C(C)NC(=S)N[C@H]1c1ccccc1OCC(=O)NN=Cc1cc(Br)c(O)c(I)c1. The van der Waals surface area contributed by atoms with E-state index >= 15 is 0 Å². The van der Waals surface area contributed by atoms with Gasteiger partial charge in [-0.15, -0.1) is 0 Å². The maximum absolute atomic E-state index is 12.6. The molecular weight excluding hydrogens is 651 g/mol. The smallest absolute Gasteiger partial charge is 0.338 e. The predicted octanol–water partition coefficient (Wildman–Crippen LogP) is 3.64. The second kappa shape index (κ2) is 12.3. The number of ether oxygens (including phenoxy) is 2. The lowest BCUT2D eigenvalue weighted by atomic mass is 9.95. The third-order valence-corrected chi connectivity index (χ3v) is 6.44. The Morgan fingerprint density at radius 3 is 2.80 bits per heavy atom. The van der Waals surface area contributed by atoms with Crippen LogP contribution in [0.15, 0.2) is 57.2 Å². The molecular formula is C23H22BrIN4O5S. The first-order valence-corrected chi connectivity index (χ1v) is 12.7. The topological polar surface area (TPSA) is 121 Å². The van der Waals surface area contributed by atoms with Crippen molar-refractivity contribution in [1.82, 2.24) is 16.1 Å². The Kier molecular flexibility index (Phi) is 9.46. The van der Waals surface area contributed by atoms with Gasteiger partial charge in [0.2, 0.25) is 0 Å². The van der Waals surface area contributed by atoms with Crippen LogP contribution in [0.25, 0.3) is 0 Å². The fraction of sp³-hybridized carbons (Fsp3) is 0.217. The van der Waals surface area contributed by atoms with Crippen LogP contribution in [-0.2, 0) is 14.3 Å². The predicted molar refractivity (Wildman–Crippen MR) is 147 cm³/mol. The van der Waals surface area contributed by atoms with Crippen LogP contribution in [0, 0.1) is 3.57 Å². The van der Waals surface area contributed by atoms with Crippen LogP contribution in [0.4, 0.5) is 0 Å². The number of rotatable bonds is 8. The molecule has 0 aliphatic carbocycles. The molecule has 4 N–H and O–H groups in total. The molecule has 0 spiro atoms. The number of thiocarbonyl (C=S) groups is 1. The van der Waals surface area contributed by atoms with E-state index in [0.717, 1.165) is 0 Å². The number of allylic oxidation sites excluding steroid dienone is 1. The van der Waals surface area contributed by atoms with Gasteiger partial charge >= 0.3 is 5.97 Å². The van der Waals surface area contributed by atoms with Gasteiger partial charge in [-0.2, -0.15) is 5.10 Å². The van der Waals surface area contributed by atoms with Crippen LogP contribution in [-0.4, -0.2) is 41.5 Å². The molecule has 35 heavy (non-hydrogen) atoms. The first-order valence-electron chi connectivity index (χ1n) is 10.4. The van der Waals surface area contributed by atoms with Gasteiger partial charge in [0.15, 0.2) is 11.7 Å². The molecule has 2 aromatic carbocycles. The summed E-state index contributed by atoms with van der Waals surface area (Å²) >= 11 is 10.5. The first kappa shape index (κ1) is 26.9. The monoisotopic (exact) mass is 672 g/mol. The number of phenolic OH excluding ortho intramolecular Hbond substituents is 1. The van der Waals surface area contributed by atoms with Gasteiger partial charge in [0.25, 0.3) is 5.91 Å². The fourth-order valence-electron chi connectivity index (χ4n) is 3.27. The van der Waals surface area contributed by atoms with Crippen molar-refractivity contribution in [2.45, 2.75) is 19.9 Å². The standard InChI is InChI=1S/C23H22BrIN4O5S/c1-3-33-22(32)19-12(2)27-23(35)28-20(19)14-6-4-5-7-17(14)34-11-18(30)29-26-10-13-8-15(24)21(31)16(25)9-13/h4-10,20,31H,3,11H2,1-2H3,(H,29,30)(H2,27,28,35)/t20-/m0/s1. The zero-order valence-corrected chi connectivity index (χ0v) is 23.3. The zero-order valence-electron chi connectivity index (χ0n) is 18.7. The number of nitrogens with one attached hydrogen (secondary N) is 3. The molecule has 2 aromatic rings. The number of hydrazone groups is 1. The quantitative estimate of drug-likeness (QED) is 0.110. The van der Waals surface area contributed by atoms with E-state index in [0.29, 0.717) is 41.3 Å². The first-order chi connectivity index (χ1) is 16.7. The summed E-state index contributed by atoms with van der Waals surface area (Å²) in [6.07, 6.45) is 1.46. The number of hydrogen-bond acceptors (Lipinski definition) is 7. The zero-order chi connectivity index (χ0) is 25.5. The number of hydrogen-bond donors (Lipinski definition) is 4. The lowest BCUT2D eigenvalue weighted by molar-refractivity contribution is -0.139. The molecule has 0 unspecified atom stereocenters. The van der Waals surface area contributed by atoms with Crippen molar-refractivity contribution in [3.05, 3.63) is 66.8 Å². The van der Waals surface area contributed by atoms with Crippen LogP contribution in [0.3, 0.4) is 0 Å². The maximum atomic E-state index is 12.6. The second-order valence-electron chi connectivity index (χ2n) is 7.24. The number of halogens is 2. The van der Waals surface area contributed by atoms with E-state index < -0.39 is 17.9 Å². The molecule has 1 atom stereocenters. The van der Waals surface area contributed by atoms with E-state index in [1.165, 1.54) is 6.21 Å². The lowest BCUT2D eigenvalue weighted by Crippen LogP contribution is -2.45. The van der Waals surface area contributed by atoms with E-state index in [1.807, 2.05) is 22.6 Å². The number of aromatic hydroxyl groups is 1. The van der Waals surface area contributed by atoms with Crippen molar-refractivity contribution in [2.24, 2.45) is 5.10 Å². The molecule has 0 bridgehead atoms. The van der Waals surface area contributed by atoms with Gasteiger partial charge in [0.1, 0.15) is 11.5 Å². The average molecular weight is 673 g/mol. The summed E-state index contributed by atoms with van der Waals surface area (Å²) in [6.45, 7) is 3.40. The summed E-state index contributed by atoms with van der Waals surface area (Å²) in [4.78, 5) is 24.9. The fourth-order valence-corrected chi connectivity index (χ4v) is 5.04. The van der Waals surface area contributed by atoms with Crippen molar-refractivity contribution in [2.75, 3.05) is 13.2 Å². The Bertz CT molecular complexity index is 1200. The molecule has 1 aliphatic heterocycles. The largest absolute Gasteiger partial charge is 0.506 e.